The van der Waals surface area contributed by atoms with Gasteiger partial charge in [0.2, 0.25) is 0 Å². The fourth-order valence-corrected chi connectivity index (χ4v) is 4.48. The molecule has 0 saturated carbocycles. The number of anilines is 2. The number of hydrogen-bond donors (Lipinski definition) is 2. The molecule has 1 aromatic rings. The van der Waals surface area contributed by atoms with Crippen LogP contribution in [0, 0.1) is 11.6 Å². The van der Waals surface area contributed by atoms with Crippen molar-refractivity contribution in [1.82, 2.24) is 10.3 Å². The second kappa shape index (κ2) is 9.49. The molecule has 8 nitrogen and oxygen atoms in total. The molecule has 2 N–H and O–H groups in total. The average molecular weight is 460 g/mol. The first-order valence-electron chi connectivity index (χ1n) is 10.7. The molecule has 3 heterocycles. The minimum atomic E-state index is -3.18. The van der Waals surface area contributed by atoms with Crippen molar-refractivity contribution >= 4 is 23.4 Å². The summed E-state index contributed by atoms with van der Waals surface area (Å²) in [5, 5.41) is 5.61. The van der Waals surface area contributed by atoms with E-state index in [-0.39, 0.29) is 24.5 Å². The van der Waals surface area contributed by atoms with E-state index in [0.29, 0.717) is 19.6 Å². The number of rotatable bonds is 5. The highest BCUT2D eigenvalue weighted by Gasteiger charge is 2.35. The monoisotopic (exact) mass is 460 g/mol. The number of carbonyl (C=O) groups excluding carboxylic acids is 2. The molecule has 2 unspecified atom stereocenters. The van der Waals surface area contributed by atoms with Crippen molar-refractivity contribution in [3.05, 3.63) is 23.8 Å². The number of amides is 2. The van der Waals surface area contributed by atoms with Crippen molar-refractivity contribution < 1.29 is 36.9 Å². The van der Waals surface area contributed by atoms with Gasteiger partial charge in [0.15, 0.2) is 11.6 Å². The zero-order valence-electron chi connectivity index (χ0n) is 17.5. The third kappa shape index (κ3) is 4.75. The van der Waals surface area contributed by atoms with Crippen molar-refractivity contribution in [2.24, 2.45) is 0 Å². The number of carbonyl (C=O) groups is 2. The van der Waals surface area contributed by atoms with Crippen LogP contribution in [0.15, 0.2) is 12.1 Å². The standard InChI is InChI=1S/C20H25F4N5O3/c21-15-9-13(29-12-14(32-20(29)31)11-25-19(30)18(23)24)10-16(22)17(15)26-5-7-27-3-1-2-4-28(27)8-6-26/h9-10,14,18H,1-8,11-12H2,(H,25,30)/p+1. The molecule has 176 valence electrons. The highest BCUT2D eigenvalue weighted by Crippen LogP contribution is 2.31. The van der Waals surface area contributed by atoms with E-state index in [1.54, 1.807) is 4.90 Å². The molecule has 3 aliphatic heterocycles. The maximum atomic E-state index is 15.0. The van der Waals surface area contributed by atoms with Crippen molar-refractivity contribution in [2.75, 3.05) is 62.2 Å². The molecule has 3 aliphatic rings. The number of benzene rings is 1. The first-order valence-corrected chi connectivity index (χ1v) is 10.7. The molecule has 0 bridgehead atoms. The minimum Gasteiger partial charge on any atom is -0.442 e. The average Bonchev–Trinajstić information content (AvgIpc) is 3.00. The lowest BCUT2D eigenvalue weighted by Gasteiger charge is -2.32. The number of hydrogen-bond acceptors (Lipinski definition) is 5. The van der Waals surface area contributed by atoms with Crippen LogP contribution in [-0.4, -0.2) is 81.9 Å². The molecule has 1 aromatic carbocycles. The van der Waals surface area contributed by atoms with E-state index >= 15 is 0 Å². The smallest absolute Gasteiger partial charge is 0.414 e. The molecule has 0 aliphatic carbocycles. The fraction of sp³-hybridized carbons (Fsp3) is 0.600. The van der Waals surface area contributed by atoms with Crippen LogP contribution in [0.5, 0.6) is 0 Å². The summed E-state index contributed by atoms with van der Waals surface area (Å²) in [4.78, 5) is 25.9. The molecule has 2 atom stereocenters. The predicted molar refractivity (Wildman–Crippen MR) is 107 cm³/mol. The molecular weight excluding hydrogens is 434 g/mol. The highest BCUT2D eigenvalue weighted by molar-refractivity contribution is 5.90. The van der Waals surface area contributed by atoms with Crippen LogP contribution >= 0.6 is 0 Å². The van der Waals surface area contributed by atoms with Gasteiger partial charge >= 0.3 is 12.5 Å². The Balaban J connectivity index is 1.44. The first kappa shape index (κ1) is 22.6. The molecule has 32 heavy (non-hydrogen) atoms. The van der Waals surface area contributed by atoms with Gasteiger partial charge < -0.3 is 15.0 Å². The molecule has 2 amide bonds. The molecule has 0 aromatic heterocycles. The van der Waals surface area contributed by atoms with Crippen LogP contribution in [0.2, 0.25) is 0 Å². The fourth-order valence-electron chi connectivity index (χ4n) is 4.48. The van der Waals surface area contributed by atoms with Gasteiger partial charge in [-0.3, -0.25) is 14.7 Å². The summed E-state index contributed by atoms with van der Waals surface area (Å²) in [5.74, 6) is -3.05. The number of nitrogens with zero attached hydrogens (tertiary/aromatic N) is 3. The van der Waals surface area contributed by atoms with Crippen LogP contribution in [0.3, 0.4) is 0 Å². The Labute approximate surface area is 182 Å². The van der Waals surface area contributed by atoms with Crippen LogP contribution in [0.4, 0.5) is 33.7 Å². The molecule has 0 spiro atoms. The lowest BCUT2D eigenvalue weighted by molar-refractivity contribution is -1.02. The third-order valence-electron chi connectivity index (χ3n) is 6.11. The first-order chi connectivity index (χ1) is 15.3. The minimum absolute atomic E-state index is 0.0296. The predicted octanol–water partition coefficient (Wildman–Crippen LogP) is 0.387. The Hall–Kier alpha value is -2.60. The Morgan fingerprint density at radius 1 is 1.12 bits per heavy atom. The largest absolute Gasteiger partial charge is 0.442 e. The van der Waals surface area contributed by atoms with Crippen LogP contribution in [0.25, 0.3) is 0 Å². The second-order valence-corrected chi connectivity index (χ2v) is 8.17. The van der Waals surface area contributed by atoms with Gasteiger partial charge in [0, 0.05) is 25.2 Å². The molecule has 3 fully saturated rings. The summed E-state index contributed by atoms with van der Waals surface area (Å²) in [6.45, 7) is 4.02. The van der Waals surface area contributed by atoms with Crippen molar-refractivity contribution in [3.63, 3.8) is 0 Å². The summed E-state index contributed by atoms with van der Waals surface area (Å²) in [6.07, 6.45) is -2.69. The number of halogens is 4. The third-order valence-corrected chi connectivity index (χ3v) is 6.11. The highest BCUT2D eigenvalue weighted by atomic mass is 19.3. The maximum absolute atomic E-state index is 15.0. The molecule has 3 saturated heterocycles. The summed E-state index contributed by atoms with van der Waals surface area (Å²) in [6, 6.07) is 2.15. The number of quaternary nitrogens is 1. The second-order valence-electron chi connectivity index (χ2n) is 8.17. The van der Waals surface area contributed by atoms with Gasteiger partial charge in [-0.1, -0.05) is 0 Å². The molecule has 12 heteroatoms. The van der Waals surface area contributed by atoms with E-state index in [0.717, 1.165) is 49.5 Å². The normalized spacial score (nSPS) is 24.3. The van der Waals surface area contributed by atoms with E-state index in [4.69, 9.17) is 4.74 Å². The summed E-state index contributed by atoms with van der Waals surface area (Å²) in [5.41, 5.74) is -0.152. The molecular formula is C20H26F4N5O3+. The summed E-state index contributed by atoms with van der Waals surface area (Å²) in [7, 11) is 0. The van der Waals surface area contributed by atoms with Gasteiger partial charge in [-0.15, -0.1) is 0 Å². The molecule has 4 rings (SSSR count). The van der Waals surface area contributed by atoms with E-state index in [1.165, 1.54) is 5.01 Å². The van der Waals surface area contributed by atoms with Crippen LogP contribution in [0.1, 0.15) is 12.8 Å². The number of nitrogens with one attached hydrogen (secondary N) is 2. The Morgan fingerprint density at radius 3 is 2.59 bits per heavy atom. The molecule has 0 radical (unpaired) electrons. The zero-order valence-corrected chi connectivity index (χ0v) is 17.5. The van der Waals surface area contributed by atoms with E-state index in [9.17, 15) is 27.2 Å². The van der Waals surface area contributed by atoms with Gasteiger partial charge in [-0.25, -0.2) is 13.6 Å². The Kier molecular flexibility index (Phi) is 6.70. The van der Waals surface area contributed by atoms with Crippen LogP contribution in [-0.2, 0) is 9.53 Å². The van der Waals surface area contributed by atoms with E-state index < -0.39 is 36.2 Å². The zero-order chi connectivity index (χ0) is 22.8. The van der Waals surface area contributed by atoms with E-state index in [2.05, 4.69) is 5.01 Å². The summed E-state index contributed by atoms with van der Waals surface area (Å²) >= 11 is 0. The lowest BCUT2D eigenvalue weighted by Crippen LogP contribution is -3.19. The summed E-state index contributed by atoms with van der Waals surface area (Å²) < 4.78 is 59.6. The number of fused-ring (bicyclic) bond motifs is 1. The van der Waals surface area contributed by atoms with Gasteiger partial charge in [-0.05, 0) is 12.8 Å². The van der Waals surface area contributed by atoms with Crippen molar-refractivity contribution in [2.45, 2.75) is 25.4 Å². The Bertz CT molecular complexity index is 835. The van der Waals surface area contributed by atoms with Gasteiger partial charge in [-0.2, -0.15) is 13.8 Å². The lowest BCUT2D eigenvalue weighted by atomic mass is 10.2. The van der Waals surface area contributed by atoms with Gasteiger partial charge in [0.05, 0.1) is 38.4 Å². The van der Waals surface area contributed by atoms with Gasteiger partial charge in [0.1, 0.15) is 18.3 Å². The van der Waals surface area contributed by atoms with Crippen molar-refractivity contribution in [3.8, 4) is 0 Å². The van der Waals surface area contributed by atoms with Crippen LogP contribution < -0.4 is 20.1 Å². The van der Waals surface area contributed by atoms with Crippen molar-refractivity contribution in [1.29, 1.82) is 0 Å². The topological polar surface area (TPSA) is 69.6 Å². The van der Waals surface area contributed by atoms with Gasteiger partial charge in [0.25, 0.3) is 5.91 Å². The SMILES string of the molecule is O=C(NCC1CN(c2cc(F)c(N3CCN4CCCC[NH+]4CC3)c(F)c2)C(=O)O1)C(F)F. The number of cyclic esters (lactones) is 1. The Morgan fingerprint density at radius 2 is 1.88 bits per heavy atom. The quantitative estimate of drug-likeness (QED) is 0.623. The van der Waals surface area contributed by atoms with E-state index in [1.807, 2.05) is 5.32 Å². The number of alkyl halides is 2. The maximum Gasteiger partial charge on any atom is 0.414 e. The number of ether oxygens (including phenoxy) is 1.